The SMILES string of the molecule is CN(C)C(C)(C)CNS(=O)(=O)c1cccc(CN)c1. The van der Waals surface area contributed by atoms with Crippen LogP contribution in [0.2, 0.25) is 0 Å². The number of nitrogens with zero attached hydrogens (tertiary/aromatic N) is 1. The second-order valence-electron chi connectivity index (χ2n) is 5.38. The third kappa shape index (κ3) is 4.28. The topological polar surface area (TPSA) is 75.4 Å². The Labute approximate surface area is 115 Å². The summed E-state index contributed by atoms with van der Waals surface area (Å²) in [6.45, 7) is 4.62. The summed E-state index contributed by atoms with van der Waals surface area (Å²) in [7, 11) is 0.348. The van der Waals surface area contributed by atoms with Crippen molar-refractivity contribution in [3.05, 3.63) is 29.8 Å². The van der Waals surface area contributed by atoms with Crippen LogP contribution < -0.4 is 10.5 Å². The minimum atomic E-state index is -3.49. The standard InChI is InChI=1S/C13H23N3O2S/c1-13(2,16(3)4)10-15-19(17,18)12-7-5-6-11(8-12)9-14/h5-8,15H,9-10,14H2,1-4H3. The van der Waals surface area contributed by atoms with Gasteiger partial charge in [-0.05, 0) is 45.6 Å². The fraction of sp³-hybridized carbons (Fsp3) is 0.538. The van der Waals surface area contributed by atoms with Gasteiger partial charge in [-0.25, -0.2) is 13.1 Å². The van der Waals surface area contributed by atoms with Crippen LogP contribution in [0.3, 0.4) is 0 Å². The predicted octanol–water partition coefficient (Wildman–Crippen LogP) is 0.764. The molecule has 5 nitrogen and oxygen atoms in total. The minimum absolute atomic E-state index is 0.251. The fourth-order valence-electron chi connectivity index (χ4n) is 1.35. The van der Waals surface area contributed by atoms with Gasteiger partial charge in [0.15, 0.2) is 0 Å². The zero-order valence-corrected chi connectivity index (χ0v) is 12.8. The third-order valence-corrected chi connectivity index (χ3v) is 4.75. The van der Waals surface area contributed by atoms with Crippen molar-refractivity contribution in [2.24, 2.45) is 5.73 Å². The van der Waals surface area contributed by atoms with Crippen molar-refractivity contribution in [1.29, 1.82) is 0 Å². The summed E-state index contributed by atoms with van der Waals surface area (Å²) in [5.74, 6) is 0. The van der Waals surface area contributed by atoms with Gasteiger partial charge < -0.3 is 10.6 Å². The first-order chi connectivity index (χ1) is 8.69. The van der Waals surface area contributed by atoms with E-state index in [2.05, 4.69) is 4.72 Å². The maximum Gasteiger partial charge on any atom is 0.240 e. The van der Waals surface area contributed by atoms with Gasteiger partial charge in [-0.15, -0.1) is 0 Å². The van der Waals surface area contributed by atoms with Crippen molar-refractivity contribution in [3.63, 3.8) is 0 Å². The molecule has 0 unspecified atom stereocenters. The lowest BCUT2D eigenvalue weighted by molar-refractivity contribution is 0.199. The maximum absolute atomic E-state index is 12.2. The van der Waals surface area contributed by atoms with E-state index in [0.29, 0.717) is 13.1 Å². The molecule has 1 aromatic rings. The van der Waals surface area contributed by atoms with Crippen molar-refractivity contribution in [2.45, 2.75) is 30.8 Å². The number of nitrogens with one attached hydrogen (secondary N) is 1. The van der Waals surface area contributed by atoms with E-state index in [1.54, 1.807) is 18.2 Å². The molecule has 0 radical (unpaired) electrons. The van der Waals surface area contributed by atoms with Crippen molar-refractivity contribution < 1.29 is 8.42 Å². The van der Waals surface area contributed by atoms with Crippen molar-refractivity contribution in [2.75, 3.05) is 20.6 Å². The van der Waals surface area contributed by atoms with Crippen LogP contribution in [0, 0.1) is 0 Å². The van der Waals surface area contributed by atoms with E-state index in [9.17, 15) is 8.42 Å². The van der Waals surface area contributed by atoms with Gasteiger partial charge in [-0.3, -0.25) is 0 Å². The molecule has 0 aliphatic heterocycles. The molecule has 1 rings (SSSR count). The van der Waals surface area contributed by atoms with Gasteiger partial charge >= 0.3 is 0 Å². The van der Waals surface area contributed by atoms with Gasteiger partial charge in [-0.2, -0.15) is 0 Å². The number of hydrogen-bond acceptors (Lipinski definition) is 4. The highest BCUT2D eigenvalue weighted by Gasteiger charge is 2.24. The Kier molecular flexibility index (Phi) is 5.09. The highest BCUT2D eigenvalue weighted by atomic mass is 32.2. The Bertz CT molecular complexity index is 524. The molecule has 19 heavy (non-hydrogen) atoms. The zero-order valence-electron chi connectivity index (χ0n) is 12.0. The number of nitrogens with two attached hydrogens (primary N) is 1. The predicted molar refractivity (Wildman–Crippen MR) is 77.3 cm³/mol. The summed E-state index contributed by atoms with van der Waals surface area (Å²) in [5.41, 5.74) is 6.07. The molecule has 0 atom stereocenters. The van der Waals surface area contributed by atoms with Gasteiger partial charge in [0.2, 0.25) is 10.0 Å². The molecule has 0 saturated heterocycles. The second-order valence-corrected chi connectivity index (χ2v) is 7.15. The maximum atomic E-state index is 12.2. The van der Waals surface area contributed by atoms with Crippen LogP contribution >= 0.6 is 0 Å². The van der Waals surface area contributed by atoms with E-state index < -0.39 is 10.0 Å². The quantitative estimate of drug-likeness (QED) is 0.809. The Morgan fingerprint density at radius 3 is 2.47 bits per heavy atom. The summed E-state index contributed by atoms with van der Waals surface area (Å²) in [6.07, 6.45) is 0. The number of rotatable bonds is 6. The molecular weight excluding hydrogens is 262 g/mol. The molecule has 1 aromatic carbocycles. The van der Waals surface area contributed by atoms with Crippen LogP contribution in [0.5, 0.6) is 0 Å². The lowest BCUT2D eigenvalue weighted by Gasteiger charge is -2.32. The molecule has 0 spiro atoms. The van der Waals surface area contributed by atoms with E-state index >= 15 is 0 Å². The Balaban J connectivity index is 2.87. The number of sulfonamides is 1. The molecule has 0 aliphatic carbocycles. The highest BCUT2D eigenvalue weighted by molar-refractivity contribution is 7.89. The zero-order chi connectivity index (χ0) is 14.7. The summed E-state index contributed by atoms with van der Waals surface area (Å²) >= 11 is 0. The smallest absolute Gasteiger partial charge is 0.240 e. The molecule has 6 heteroatoms. The van der Waals surface area contributed by atoms with E-state index in [0.717, 1.165) is 5.56 Å². The number of hydrogen-bond donors (Lipinski definition) is 2. The lowest BCUT2D eigenvalue weighted by Crippen LogP contribution is -2.48. The summed E-state index contributed by atoms with van der Waals surface area (Å²) < 4.78 is 27.0. The van der Waals surface area contributed by atoms with Crippen LogP contribution in [0.1, 0.15) is 19.4 Å². The molecule has 0 saturated carbocycles. The van der Waals surface area contributed by atoms with E-state index in [1.165, 1.54) is 0 Å². The molecule has 0 aliphatic rings. The molecular formula is C13H23N3O2S. The first-order valence-electron chi connectivity index (χ1n) is 6.15. The van der Waals surface area contributed by atoms with Crippen molar-refractivity contribution >= 4 is 10.0 Å². The second kappa shape index (κ2) is 6.00. The summed E-state index contributed by atoms with van der Waals surface area (Å²) in [5, 5.41) is 0. The van der Waals surface area contributed by atoms with Crippen LogP contribution in [0.25, 0.3) is 0 Å². The van der Waals surface area contributed by atoms with Gasteiger partial charge in [0, 0.05) is 18.6 Å². The van der Waals surface area contributed by atoms with E-state index in [-0.39, 0.29) is 10.4 Å². The van der Waals surface area contributed by atoms with Crippen LogP contribution in [0.4, 0.5) is 0 Å². The van der Waals surface area contributed by atoms with Crippen molar-refractivity contribution in [3.8, 4) is 0 Å². The third-order valence-electron chi connectivity index (χ3n) is 3.35. The molecule has 0 heterocycles. The van der Waals surface area contributed by atoms with Crippen LogP contribution in [0.15, 0.2) is 29.2 Å². The van der Waals surface area contributed by atoms with Crippen LogP contribution in [-0.2, 0) is 16.6 Å². The molecule has 0 amide bonds. The monoisotopic (exact) mass is 285 g/mol. The van der Waals surface area contributed by atoms with Gasteiger partial charge in [-0.1, -0.05) is 12.1 Å². The summed E-state index contributed by atoms with van der Waals surface area (Å²) in [4.78, 5) is 2.23. The Morgan fingerprint density at radius 1 is 1.32 bits per heavy atom. The molecule has 108 valence electrons. The summed E-state index contributed by atoms with van der Waals surface area (Å²) in [6, 6.07) is 6.69. The highest BCUT2D eigenvalue weighted by Crippen LogP contribution is 2.13. The average Bonchev–Trinajstić information content (AvgIpc) is 2.36. The molecule has 0 fully saturated rings. The van der Waals surface area contributed by atoms with Gasteiger partial charge in [0.25, 0.3) is 0 Å². The first kappa shape index (κ1) is 16.1. The van der Waals surface area contributed by atoms with Crippen molar-refractivity contribution in [1.82, 2.24) is 9.62 Å². The molecule has 3 N–H and O–H groups in total. The molecule has 0 bridgehead atoms. The largest absolute Gasteiger partial charge is 0.326 e. The van der Waals surface area contributed by atoms with Gasteiger partial charge in [0.05, 0.1) is 4.90 Å². The first-order valence-corrected chi connectivity index (χ1v) is 7.63. The lowest BCUT2D eigenvalue weighted by atomic mass is 10.1. The Hall–Kier alpha value is -0.950. The Morgan fingerprint density at radius 2 is 1.95 bits per heavy atom. The van der Waals surface area contributed by atoms with Crippen LogP contribution in [-0.4, -0.2) is 39.5 Å². The molecule has 0 aromatic heterocycles. The van der Waals surface area contributed by atoms with E-state index in [1.807, 2.05) is 38.9 Å². The fourth-order valence-corrected chi connectivity index (χ4v) is 2.63. The van der Waals surface area contributed by atoms with E-state index in [4.69, 9.17) is 5.73 Å². The average molecular weight is 285 g/mol. The van der Waals surface area contributed by atoms with Gasteiger partial charge in [0.1, 0.15) is 0 Å². The number of benzene rings is 1. The minimum Gasteiger partial charge on any atom is -0.326 e. The normalized spacial score (nSPS) is 12.9. The number of likely N-dealkylation sites (N-methyl/N-ethyl adjacent to an activating group) is 1.